The van der Waals surface area contributed by atoms with Crippen LogP contribution in [0.3, 0.4) is 0 Å². The van der Waals surface area contributed by atoms with Gasteiger partial charge in [0.2, 0.25) is 12.7 Å². The van der Waals surface area contributed by atoms with Crippen LogP contribution in [0, 0.1) is 5.92 Å². The Morgan fingerprint density at radius 2 is 1.73 bits per heavy atom. The first kappa shape index (κ1) is 27.7. The van der Waals surface area contributed by atoms with E-state index in [0.717, 1.165) is 11.1 Å². The summed E-state index contributed by atoms with van der Waals surface area (Å²) in [7, 11) is 1.57. The molecular formula is C29H35N3O8. The lowest BCUT2D eigenvalue weighted by Crippen LogP contribution is -2.52. The molecule has 3 aliphatic rings. The van der Waals surface area contributed by atoms with Gasteiger partial charge < -0.3 is 29.0 Å². The number of carboxylic acid groups (broad SMARTS) is 1. The summed E-state index contributed by atoms with van der Waals surface area (Å²) >= 11 is 0. The quantitative estimate of drug-likeness (QED) is 0.526. The van der Waals surface area contributed by atoms with Crippen LogP contribution < -0.4 is 14.2 Å². The first-order valence-electron chi connectivity index (χ1n) is 13.6. The van der Waals surface area contributed by atoms with Crippen LogP contribution in [0.5, 0.6) is 17.2 Å². The number of carboxylic acids is 1. The fourth-order valence-electron chi connectivity index (χ4n) is 5.81. The molecule has 0 aliphatic carbocycles. The van der Waals surface area contributed by atoms with E-state index in [9.17, 15) is 19.5 Å². The molecule has 0 bridgehead atoms. The highest BCUT2D eigenvalue weighted by molar-refractivity contribution is 5.95. The number of amides is 3. The van der Waals surface area contributed by atoms with Gasteiger partial charge in [0.15, 0.2) is 11.5 Å². The molecule has 11 heteroatoms. The predicted octanol–water partition coefficient (Wildman–Crippen LogP) is 2.96. The van der Waals surface area contributed by atoms with Crippen LogP contribution in [0.4, 0.5) is 4.79 Å². The van der Waals surface area contributed by atoms with Gasteiger partial charge in [-0.15, -0.1) is 0 Å². The molecule has 3 unspecified atom stereocenters. The predicted molar refractivity (Wildman–Crippen MR) is 144 cm³/mol. The van der Waals surface area contributed by atoms with E-state index in [0.29, 0.717) is 56.5 Å². The zero-order chi connectivity index (χ0) is 28.2. The molecule has 2 saturated heterocycles. The summed E-state index contributed by atoms with van der Waals surface area (Å²) in [5.74, 6) is -0.765. The van der Waals surface area contributed by atoms with Gasteiger partial charge in [0.1, 0.15) is 5.75 Å². The molecular weight excluding hydrogens is 518 g/mol. The molecule has 0 radical (unpaired) electrons. The van der Waals surface area contributed by atoms with Crippen molar-refractivity contribution in [2.75, 3.05) is 59.8 Å². The summed E-state index contributed by atoms with van der Waals surface area (Å²) in [6.45, 7) is 4.25. The largest absolute Gasteiger partial charge is 0.497 e. The third kappa shape index (κ3) is 5.57. The lowest BCUT2D eigenvalue weighted by atomic mass is 9.82. The van der Waals surface area contributed by atoms with Crippen LogP contribution in [0.1, 0.15) is 36.4 Å². The summed E-state index contributed by atoms with van der Waals surface area (Å²) < 4.78 is 21.7. The average molecular weight is 554 g/mol. The third-order valence-electron chi connectivity index (χ3n) is 7.76. The number of benzene rings is 2. The zero-order valence-corrected chi connectivity index (χ0v) is 22.8. The molecule has 1 N–H and O–H groups in total. The molecule has 0 aromatic heterocycles. The number of ether oxygens (including phenoxy) is 4. The maximum Gasteiger partial charge on any atom is 0.326 e. The van der Waals surface area contributed by atoms with E-state index in [-0.39, 0.29) is 31.8 Å². The highest BCUT2D eigenvalue weighted by atomic mass is 16.7. The fourth-order valence-corrected chi connectivity index (χ4v) is 5.81. The number of hydrogen-bond donors (Lipinski definition) is 1. The Kier molecular flexibility index (Phi) is 8.41. The molecule has 2 fully saturated rings. The maximum atomic E-state index is 13.7. The first-order chi connectivity index (χ1) is 19.4. The van der Waals surface area contributed by atoms with E-state index < -0.39 is 23.8 Å². The molecule has 3 amide bonds. The van der Waals surface area contributed by atoms with Crippen molar-refractivity contribution in [3.63, 3.8) is 0 Å². The topological polar surface area (TPSA) is 118 Å². The van der Waals surface area contributed by atoms with E-state index in [1.165, 1.54) is 4.90 Å². The van der Waals surface area contributed by atoms with Gasteiger partial charge in [-0.05, 0) is 41.8 Å². The highest BCUT2D eigenvalue weighted by Crippen LogP contribution is 2.47. The molecule has 11 nitrogen and oxygen atoms in total. The molecule has 2 aromatic rings. The molecule has 2 aromatic carbocycles. The molecule has 3 aliphatic heterocycles. The number of urea groups is 1. The van der Waals surface area contributed by atoms with Crippen LogP contribution in [-0.2, 0) is 14.3 Å². The van der Waals surface area contributed by atoms with Crippen LogP contribution in [-0.4, -0.2) is 97.6 Å². The van der Waals surface area contributed by atoms with Crippen molar-refractivity contribution < 1.29 is 38.4 Å². The van der Waals surface area contributed by atoms with E-state index >= 15 is 0 Å². The number of hydrogen-bond acceptors (Lipinski definition) is 8. The molecule has 40 heavy (non-hydrogen) atoms. The summed E-state index contributed by atoms with van der Waals surface area (Å²) in [6, 6.07) is 11.8. The van der Waals surface area contributed by atoms with Gasteiger partial charge in [-0.2, -0.15) is 0 Å². The summed E-state index contributed by atoms with van der Waals surface area (Å²) in [6.07, 6.45) is 0.612. The summed E-state index contributed by atoms with van der Waals surface area (Å²) in [5.41, 5.74) is 1.55. The maximum absolute atomic E-state index is 13.7. The Morgan fingerprint density at radius 3 is 2.40 bits per heavy atom. The van der Waals surface area contributed by atoms with Gasteiger partial charge in [0, 0.05) is 38.1 Å². The molecule has 0 saturated carbocycles. The summed E-state index contributed by atoms with van der Waals surface area (Å²) in [5, 5.41) is 10.5. The van der Waals surface area contributed by atoms with Gasteiger partial charge in [-0.1, -0.05) is 25.1 Å². The van der Waals surface area contributed by atoms with Crippen LogP contribution >= 0.6 is 0 Å². The van der Waals surface area contributed by atoms with Crippen LogP contribution in [0.2, 0.25) is 0 Å². The van der Waals surface area contributed by atoms with E-state index in [1.807, 2.05) is 36.1 Å². The van der Waals surface area contributed by atoms with E-state index in [2.05, 4.69) is 0 Å². The van der Waals surface area contributed by atoms with Gasteiger partial charge in [0.25, 0.3) is 0 Å². The van der Waals surface area contributed by atoms with E-state index in [1.54, 1.807) is 30.2 Å². The van der Waals surface area contributed by atoms with Gasteiger partial charge in [0.05, 0.1) is 32.8 Å². The second kappa shape index (κ2) is 12.1. The van der Waals surface area contributed by atoms with Crippen molar-refractivity contribution in [2.45, 2.75) is 25.3 Å². The number of carbonyl (C=O) groups is 3. The number of morpholine rings is 1. The summed E-state index contributed by atoms with van der Waals surface area (Å²) in [4.78, 5) is 44.7. The second-order valence-corrected chi connectivity index (χ2v) is 10.2. The third-order valence-corrected chi connectivity index (χ3v) is 7.76. The highest BCUT2D eigenvalue weighted by Gasteiger charge is 2.48. The fraction of sp³-hybridized carbons (Fsp3) is 0.483. The Bertz CT molecular complexity index is 1230. The number of aliphatic carboxylic acids is 1. The van der Waals surface area contributed by atoms with E-state index in [4.69, 9.17) is 18.9 Å². The molecule has 3 atom stereocenters. The average Bonchev–Trinajstić information content (AvgIpc) is 3.60. The molecule has 5 rings (SSSR count). The van der Waals surface area contributed by atoms with Crippen molar-refractivity contribution in [2.24, 2.45) is 5.92 Å². The SMILES string of the molecule is CCCN(C(=O)CN1CC(c2ccc3c(c2)OCO3)C(C(=O)O)C1c1ccc(OC)cc1)C(=O)N1CCOCC1. The van der Waals surface area contributed by atoms with Crippen molar-refractivity contribution in [3.8, 4) is 17.2 Å². The monoisotopic (exact) mass is 553 g/mol. The number of likely N-dealkylation sites (tertiary alicyclic amines) is 1. The molecule has 214 valence electrons. The van der Waals surface area contributed by atoms with Crippen molar-refractivity contribution in [1.29, 1.82) is 0 Å². The first-order valence-corrected chi connectivity index (χ1v) is 13.6. The second-order valence-electron chi connectivity index (χ2n) is 10.2. The van der Waals surface area contributed by atoms with Crippen molar-refractivity contribution >= 4 is 17.9 Å². The Labute approximate surface area is 233 Å². The number of methoxy groups -OCH3 is 1. The minimum atomic E-state index is -0.965. The number of imide groups is 1. The Balaban J connectivity index is 1.47. The lowest BCUT2D eigenvalue weighted by molar-refractivity contribution is -0.143. The lowest BCUT2D eigenvalue weighted by Gasteiger charge is -2.33. The zero-order valence-electron chi connectivity index (χ0n) is 22.8. The molecule has 0 spiro atoms. The normalized spacial score (nSPS) is 22.2. The van der Waals surface area contributed by atoms with Gasteiger partial charge >= 0.3 is 12.0 Å². The number of fused-ring (bicyclic) bond motifs is 1. The minimum Gasteiger partial charge on any atom is -0.497 e. The Hall–Kier alpha value is -3.83. The number of nitrogens with zero attached hydrogens (tertiary/aromatic N) is 3. The van der Waals surface area contributed by atoms with Crippen LogP contribution in [0.15, 0.2) is 42.5 Å². The minimum absolute atomic E-state index is 0.0996. The molecule has 3 heterocycles. The van der Waals surface area contributed by atoms with Gasteiger partial charge in [-0.25, -0.2) is 4.79 Å². The van der Waals surface area contributed by atoms with Gasteiger partial charge in [-0.3, -0.25) is 19.4 Å². The standard InChI is InChI=1S/C29H35N3O8/c1-3-10-32(29(36)30-11-13-38-14-12-30)25(33)17-31-16-22(20-6-9-23-24(15-20)40-18-39-23)26(28(34)35)27(31)19-4-7-21(37-2)8-5-19/h4-9,15,22,26-27H,3,10-14,16-18H2,1-2H3,(H,34,35). The number of carbonyl (C=O) groups excluding carboxylic acids is 2. The van der Waals surface area contributed by atoms with Crippen LogP contribution in [0.25, 0.3) is 0 Å². The smallest absolute Gasteiger partial charge is 0.326 e. The Morgan fingerprint density at radius 1 is 1.02 bits per heavy atom. The number of rotatable bonds is 8. The van der Waals surface area contributed by atoms with Crippen molar-refractivity contribution in [3.05, 3.63) is 53.6 Å². The van der Waals surface area contributed by atoms with Crippen molar-refractivity contribution in [1.82, 2.24) is 14.7 Å².